The lowest BCUT2D eigenvalue weighted by Crippen LogP contribution is -2.32. The summed E-state index contributed by atoms with van der Waals surface area (Å²) in [6, 6.07) is 19.6. The van der Waals surface area contributed by atoms with Gasteiger partial charge in [0.1, 0.15) is 18.1 Å². The predicted octanol–water partition coefficient (Wildman–Crippen LogP) is 4.48. The molecule has 0 aliphatic carbocycles. The number of aliphatic hydroxyl groups excluding tert-OH is 1. The second-order valence-electron chi connectivity index (χ2n) is 8.18. The molecule has 1 aliphatic heterocycles. The molecule has 1 saturated heterocycles. The van der Waals surface area contributed by atoms with Crippen molar-refractivity contribution in [3.8, 4) is 11.5 Å². The molecule has 8 heteroatoms. The third-order valence-corrected chi connectivity index (χ3v) is 5.95. The number of ether oxygens (including phenoxy) is 3. The van der Waals surface area contributed by atoms with Crippen LogP contribution in [0.1, 0.15) is 22.7 Å². The molecule has 1 atom stereocenters. The van der Waals surface area contributed by atoms with Crippen LogP contribution >= 0.6 is 0 Å². The Morgan fingerprint density at radius 3 is 2.36 bits per heavy atom. The number of methoxy groups -OCH3 is 2. The van der Waals surface area contributed by atoms with Crippen LogP contribution in [0.15, 0.2) is 78.4 Å². The summed E-state index contributed by atoms with van der Waals surface area (Å²) in [7, 11) is 2.82. The van der Waals surface area contributed by atoms with E-state index < -0.39 is 29.3 Å². The average molecular weight is 492 g/mol. The van der Waals surface area contributed by atoms with Crippen molar-refractivity contribution in [3.63, 3.8) is 0 Å². The van der Waals surface area contributed by atoms with Gasteiger partial charge < -0.3 is 24.2 Å². The monoisotopic (exact) mass is 491 g/mol. The molecule has 0 saturated carbocycles. The van der Waals surface area contributed by atoms with Gasteiger partial charge in [0.15, 0.2) is 11.6 Å². The Morgan fingerprint density at radius 2 is 1.72 bits per heavy atom. The topological polar surface area (TPSA) is 85.3 Å². The van der Waals surface area contributed by atoms with Gasteiger partial charge in [0.25, 0.3) is 11.7 Å². The Morgan fingerprint density at radius 1 is 1.00 bits per heavy atom. The summed E-state index contributed by atoms with van der Waals surface area (Å²) in [4.78, 5) is 27.3. The van der Waals surface area contributed by atoms with Crippen molar-refractivity contribution in [1.29, 1.82) is 0 Å². The lowest BCUT2D eigenvalue weighted by molar-refractivity contribution is -0.140. The Bertz CT molecular complexity index is 1270. The average Bonchev–Trinajstić information content (AvgIpc) is 3.16. The van der Waals surface area contributed by atoms with Crippen molar-refractivity contribution < 1.29 is 33.3 Å². The number of rotatable bonds is 9. The zero-order valence-electron chi connectivity index (χ0n) is 19.9. The summed E-state index contributed by atoms with van der Waals surface area (Å²) in [5, 5.41) is 11.1. The van der Waals surface area contributed by atoms with Gasteiger partial charge in [-0.05, 0) is 41.5 Å². The molecule has 1 aliphatic rings. The van der Waals surface area contributed by atoms with Crippen molar-refractivity contribution in [2.45, 2.75) is 12.6 Å². The number of carbonyl (C=O) groups is 2. The largest absolute Gasteiger partial charge is 0.507 e. The van der Waals surface area contributed by atoms with Gasteiger partial charge in [0, 0.05) is 19.2 Å². The molecule has 7 nitrogen and oxygen atoms in total. The molecule has 186 valence electrons. The summed E-state index contributed by atoms with van der Waals surface area (Å²) in [5.74, 6) is -2.19. The number of amides is 1. The third kappa shape index (κ3) is 5.08. The number of aliphatic hydroxyl groups is 1. The number of benzene rings is 3. The van der Waals surface area contributed by atoms with Crippen LogP contribution in [-0.4, -0.2) is 49.1 Å². The Labute approximate surface area is 208 Å². The minimum absolute atomic E-state index is 0.00487. The maximum absolute atomic E-state index is 14.3. The summed E-state index contributed by atoms with van der Waals surface area (Å²) in [6.07, 6.45) is 0. The van der Waals surface area contributed by atoms with Crippen molar-refractivity contribution in [2.75, 3.05) is 27.4 Å². The van der Waals surface area contributed by atoms with E-state index in [4.69, 9.17) is 14.2 Å². The van der Waals surface area contributed by atoms with Crippen LogP contribution in [0.5, 0.6) is 11.5 Å². The maximum Gasteiger partial charge on any atom is 0.295 e. The molecule has 36 heavy (non-hydrogen) atoms. The van der Waals surface area contributed by atoms with E-state index in [1.165, 1.54) is 31.3 Å². The third-order valence-electron chi connectivity index (χ3n) is 5.95. The van der Waals surface area contributed by atoms with E-state index in [1.54, 1.807) is 24.3 Å². The molecule has 0 aromatic heterocycles. The van der Waals surface area contributed by atoms with Gasteiger partial charge in [0.05, 0.1) is 25.3 Å². The minimum atomic E-state index is -0.881. The van der Waals surface area contributed by atoms with E-state index in [9.17, 15) is 19.1 Å². The number of carbonyl (C=O) groups excluding carboxylic acids is 2. The van der Waals surface area contributed by atoms with Crippen LogP contribution in [0.4, 0.5) is 4.39 Å². The zero-order valence-corrected chi connectivity index (χ0v) is 19.9. The van der Waals surface area contributed by atoms with Crippen LogP contribution in [-0.2, 0) is 20.9 Å². The van der Waals surface area contributed by atoms with Crippen molar-refractivity contribution in [1.82, 2.24) is 4.90 Å². The van der Waals surface area contributed by atoms with Gasteiger partial charge in [-0.3, -0.25) is 9.59 Å². The SMILES string of the molecule is COCCN1C(=O)C(=O)/C(=C(/O)c2ccc(OC)c(F)c2)C1c1ccc(OCc2ccccc2)cc1. The molecule has 3 aromatic carbocycles. The first kappa shape index (κ1) is 24.9. The van der Waals surface area contributed by atoms with Gasteiger partial charge in [-0.15, -0.1) is 0 Å². The number of likely N-dealkylation sites (tertiary alicyclic amines) is 1. The molecule has 1 unspecified atom stereocenters. The van der Waals surface area contributed by atoms with Crippen molar-refractivity contribution in [3.05, 3.63) is 101 Å². The Kier molecular flexibility index (Phi) is 7.65. The highest BCUT2D eigenvalue weighted by Crippen LogP contribution is 2.40. The van der Waals surface area contributed by atoms with Crippen LogP contribution in [0.3, 0.4) is 0 Å². The zero-order chi connectivity index (χ0) is 25.7. The number of hydrogen-bond donors (Lipinski definition) is 1. The van der Waals surface area contributed by atoms with Crippen molar-refractivity contribution in [2.24, 2.45) is 0 Å². The lowest BCUT2D eigenvalue weighted by atomic mass is 9.95. The molecule has 1 fully saturated rings. The maximum atomic E-state index is 14.3. The fourth-order valence-corrected chi connectivity index (χ4v) is 4.10. The second-order valence-corrected chi connectivity index (χ2v) is 8.18. The quantitative estimate of drug-likeness (QED) is 0.270. The van der Waals surface area contributed by atoms with E-state index in [2.05, 4.69) is 0 Å². The molecular weight excluding hydrogens is 465 g/mol. The number of halogens is 1. The van der Waals surface area contributed by atoms with Crippen LogP contribution in [0.2, 0.25) is 0 Å². The molecule has 1 heterocycles. The molecule has 1 N–H and O–H groups in total. The van der Waals surface area contributed by atoms with E-state index in [-0.39, 0.29) is 30.0 Å². The fraction of sp³-hybridized carbons (Fsp3) is 0.214. The van der Waals surface area contributed by atoms with Crippen LogP contribution in [0.25, 0.3) is 5.76 Å². The Balaban J connectivity index is 1.69. The van der Waals surface area contributed by atoms with E-state index in [0.717, 1.165) is 11.6 Å². The number of nitrogens with zero attached hydrogens (tertiary/aromatic N) is 1. The fourth-order valence-electron chi connectivity index (χ4n) is 4.10. The van der Waals surface area contributed by atoms with Crippen LogP contribution in [0, 0.1) is 5.82 Å². The molecule has 3 aromatic rings. The number of Topliss-reactive ketones (excluding diaryl/α,β-unsaturated/α-hetero) is 1. The highest BCUT2D eigenvalue weighted by Gasteiger charge is 2.45. The molecule has 1 amide bonds. The highest BCUT2D eigenvalue weighted by atomic mass is 19.1. The summed E-state index contributed by atoms with van der Waals surface area (Å²) < 4.78 is 30.2. The molecule has 0 spiro atoms. The van der Waals surface area contributed by atoms with Crippen molar-refractivity contribution >= 4 is 17.4 Å². The van der Waals surface area contributed by atoms with E-state index in [1.807, 2.05) is 30.3 Å². The van der Waals surface area contributed by atoms with Gasteiger partial charge in [-0.2, -0.15) is 0 Å². The first-order valence-electron chi connectivity index (χ1n) is 11.3. The minimum Gasteiger partial charge on any atom is -0.507 e. The Hall–Kier alpha value is -4.17. The standard InChI is InChI=1S/C28H26FNO6/c1-34-15-14-30-25(19-8-11-21(12-9-19)36-17-18-6-4-3-5-7-18)24(27(32)28(30)33)26(31)20-10-13-23(35-2)22(29)16-20/h3-13,16,25,31H,14-15,17H2,1-2H3/b26-24+. The molecule has 0 bridgehead atoms. The second kappa shape index (κ2) is 11.0. The first-order chi connectivity index (χ1) is 17.4. The lowest BCUT2D eigenvalue weighted by Gasteiger charge is -2.25. The van der Waals surface area contributed by atoms with Gasteiger partial charge in [-0.25, -0.2) is 4.39 Å². The van der Waals surface area contributed by atoms with Crippen LogP contribution < -0.4 is 9.47 Å². The number of ketones is 1. The predicted molar refractivity (Wildman–Crippen MR) is 131 cm³/mol. The summed E-state index contributed by atoms with van der Waals surface area (Å²) in [6.45, 7) is 0.709. The molecular formula is C28H26FNO6. The van der Waals surface area contributed by atoms with E-state index >= 15 is 0 Å². The highest BCUT2D eigenvalue weighted by molar-refractivity contribution is 6.46. The van der Waals surface area contributed by atoms with Gasteiger partial charge in [0.2, 0.25) is 0 Å². The van der Waals surface area contributed by atoms with Gasteiger partial charge in [-0.1, -0.05) is 42.5 Å². The normalized spacial score (nSPS) is 16.9. The summed E-state index contributed by atoms with van der Waals surface area (Å²) in [5.41, 5.74) is 1.54. The summed E-state index contributed by atoms with van der Waals surface area (Å²) >= 11 is 0. The molecule has 4 rings (SSSR count). The smallest absolute Gasteiger partial charge is 0.295 e. The van der Waals surface area contributed by atoms with E-state index in [0.29, 0.717) is 17.9 Å². The molecule has 0 radical (unpaired) electrons. The number of hydrogen-bond acceptors (Lipinski definition) is 6. The first-order valence-corrected chi connectivity index (χ1v) is 11.3. The van der Waals surface area contributed by atoms with Gasteiger partial charge >= 0.3 is 0 Å².